The number of ether oxygens (including phenoxy) is 2. The molecule has 118 valence electrons. The van der Waals surface area contributed by atoms with Gasteiger partial charge in [0.2, 0.25) is 5.91 Å². The molecular formula is C14H34N2O3. The van der Waals surface area contributed by atoms with Gasteiger partial charge in [0, 0.05) is 27.5 Å². The number of rotatable bonds is 10. The van der Waals surface area contributed by atoms with Crippen LogP contribution in [0, 0.1) is 5.92 Å². The van der Waals surface area contributed by atoms with Gasteiger partial charge in [-0.3, -0.25) is 4.79 Å². The molecule has 0 heterocycles. The molecule has 0 aromatic carbocycles. The minimum absolute atomic E-state index is 0. The Morgan fingerprint density at radius 2 is 1.74 bits per heavy atom. The van der Waals surface area contributed by atoms with E-state index < -0.39 is 0 Å². The molecule has 0 fully saturated rings. The lowest BCUT2D eigenvalue weighted by Gasteiger charge is -2.20. The lowest BCUT2D eigenvalue weighted by molar-refractivity contribution is -0.134. The van der Waals surface area contributed by atoms with Gasteiger partial charge in [0.1, 0.15) is 0 Å². The highest BCUT2D eigenvalue weighted by molar-refractivity contribution is 5.78. The zero-order valence-electron chi connectivity index (χ0n) is 13.3. The predicted molar refractivity (Wildman–Crippen MR) is 81.2 cm³/mol. The van der Waals surface area contributed by atoms with E-state index in [-0.39, 0.29) is 13.3 Å². The fourth-order valence-corrected chi connectivity index (χ4v) is 1.27. The van der Waals surface area contributed by atoms with Crippen molar-refractivity contribution in [2.45, 2.75) is 34.1 Å². The minimum Gasteiger partial charge on any atom is -0.378 e. The molecular weight excluding hydrogens is 244 g/mol. The second-order valence-corrected chi connectivity index (χ2v) is 4.08. The summed E-state index contributed by atoms with van der Waals surface area (Å²) in [7, 11) is 1.81. The third-order valence-electron chi connectivity index (χ3n) is 2.62. The minimum atomic E-state index is 0. The van der Waals surface area contributed by atoms with Crippen LogP contribution in [0.3, 0.4) is 0 Å². The van der Waals surface area contributed by atoms with Crippen LogP contribution in [-0.4, -0.2) is 57.4 Å². The number of carbonyl (C=O) groups is 1. The normalized spacial score (nSPS) is 11.5. The van der Waals surface area contributed by atoms with E-state index in [1.807, 2.05) is 34.7 Å². The van der Waals surface area contributed by atoms with Crippen molar-refractivity contribution in [2.75, 3.05) is 46.6 Å². The van der Waals surface area contributed by atoms with Gasteiger partial charge in [-0.05, 0) is 6.42 Å². The van der Waals surface area contributed by atoms with Crippen LogP contribution in [0.2, 0.25) is 0 Å². The van der Waals surface area contributed by atoms with Crippen LogP contribution in [0.1, 0.15) is 35.5 Å². The summed E-state index contributed by atoms with van der Waals surface area (Å²) < 4.78 is 10.5. The highest BCUT2D eigenvalue weighted by Gasteiger charge is 2.14. The van der Waals surface area contributed by atoms with Crippen molar-refractivity contribution in [3.05, 3.63) is 0 Å². The summed E-state index contributed by atoms with van der Waals surface area (Å²) in [5.41, 5.74) is 5.27. The summed E-state index contributed by atoms with van der Waals surface area (Å²) in [4.78, 5) is 13.4. The molecule has 0 aromatic rings. The fraction of sp³-hybridized carbons (Fsp3) is 0.929. The summed E-state index contributed by atoms with van der Waals surface area (Å²) in [5.74, 6) is 0.267. The Morgan fingerprint density at radius 1 is 1.21 bits per heavy atom. The number of likely N-dealkylation sites (N-methyl/N-ethyl adjacent to an activating group) is 1. The molecule has 19 heavy (non-hydrogen) atoms. The Kier molecular flexibility index (Phi) is 16.8. The molecule has 0 aliphatic rings. The van der Waals surface area contributed by atoms with E-state index in [9.17, 15) is 4.79 Å². The van der Waals surface area contributed by atoms with E-state index in [4.69, 9.17) is 15.2 Å². The molecule has 0 saturated carbocycles. The smallest absolute Gasteiger partial charge is 0.225 e. The summed E-state index contributed by atoms with van der Waals surface area (Å²) >= 11 is 0. The lowest BCUT2D eigenvalue weighted by atomic mass is 10.1. The first-order valence-electron chi connectivity index (χ1n) is 7.24. The number of amides is 1. The summed E-state index contributed by atoms with van der Waals surface area (Å²) in [6.45, 7) is 11.3. The molecule has 1 atom stereocenters. The van der Waals surface area contributed by atoms with Crippen molar-refractivity contribution in [3.8, 4) is 0 Å². The molecule has 0 saturated heterocycles. The molecule has 0 bridgehead atoms. The average molecular weight is 278 g/mol. The van der Waals surface area contributed by atoms with E-state index in [1.165, 1.54) is 0 Å². The molecule has 0 aliphatic carbocycles. The monoisotopic (exact) mass is 278 g/mol. The molecule has 0 aromatic heterocycles. The Bertz CT molecular complexity index is 207. The largest absolute Gasteiger partial charge is 0.378 e. The number of nitrogens with two attached hydrogens (primary N) is 1. The molecule has 0 aliphatic heterocycles. The summed E-state index contributed by atoms with van der Waals surface area (Å²) in [6, 6.07) is 0. The van der Waals surface area contributed by atoms with E-state index in [2.05, 4.69) is 0 Å². The van der Waals surface area contributed by atoms with Crippen LogP contribution in [0.4, 0.5) is 0 Å². The maximum Gasteiger partial charge on any atom is 0.225 e. The van der Waals surface area contributed by atoms with Crippen molar-refractivity contribution in [1.82, 2.24) is 4.90 Å². The van der Waals surface area contributed by atoms with Gasteiger partial charge in [0.25, 0.3) is 0 Å². The van der Waals surface area contributed by atoms with Gasteiger partial charge in [0.15, 0.2) is 0 Å². The first-order valence-corrected chi connectivity index (χ1v) is 7.24. The second-order valence-electron chi connectivity index (χ2n) is 4.08. The molecule has 1 unspecified atom stereocenters. The number of carbonyl (C=O) groups excluding carboxylic acids is 1. The Labute approximate surface area is 119 Å². The fourth-order valence-electron chi connectivity index (χ4n) is 1.27. The zero-order valence-corrected chi connectivity index (χ0v) is 13.3. The second kappa shape index (κ2) is 15.4. The maximum atomic E-state index is 11.7. The van der Waals surface area contributed by atoms with Gasteiger partial charge in [-0.15, -0.1) is 0 Å². The van der Waals surface area contributed by atoms with Crippen molar-refractivity contribution in [2.24, 2.45) is 11.7 Å². The first kappa shape index (κ1) is 20.7. The summed E-state index contributed by atoms with van der Waals surface area (Å²) in [5, 5.41) is 0. The van der Waals surface area contributed by atoms with Gasteiger partial charge in [-0.1, -0.05) is 27.7 Å². The lowest BCUT2D eigenvalue weighted by Crippen LogP contribution is -2.34. The molecule has 2 N–H and O–H groups in total. The zero-order chi connectivity index (χ0) is 15.1. The molecule has 5 heteroatoms. The average Bonchev–Trinajstić information content (AvgIpc) is 2.46. The van der Waals surface area contributed by atoms with Crippen LogP contribution >= 0.6 is 0 Å². The van der Waals surface area contributed by atoms with Crippen molar-refractivity contribution in [3.63, 3.8) is 0 Å². The maximum absolute atomic E-state index is 11.7. The third-order valence-corrected chi connectivity index (χ3v) is 2.62. The quantitative estimate of drug-likeness (QED) is 0.618. The first-order chi connectivity index (χ1) is 9.13. The Morgan fingerprint density at radius 3 is 2.21 bits per heavy atom. The van der Waals surface area contributed by atoms with E-state index in [0.29, 0.717) is 39.5 Å². The van der Waals surface area contributed by atoms with Crippen molar-refractivity contribution in [1.29, 1.82) is 0 Å². The van der Waals surface area contributed by atoms with Gasteiger partial charge in [-0.25, -0.2) is 0 Å². The third kappa shape index (κ3) is 12.1. The highest BCUT2D eigenvalue weighted by Crippen LogP contribution is 2.04. The van der Waals surface area contributed by atoms with Crippen molar-refractivity contribution >= 4 is 5.91 Å². The number of hydrogen-bond acceptors (Lipinski definition) is 4. The van der Waals surface area contributed by atoms with Crippen LogP contribution in [0.5, 0.6) is 0 Å². The van der Waals surface area contributed by atoms with Crippen LogP contribution in [0.25, 0.3) is 0 Å². The SMILES string of the molecule is CC.CCC(C)C(=O)N(C)CCOCCOCCN.[HH]. The van der Waals surface area contributed by atoms with Gasteiger partial charge in [0.05, 0.1) is 26.4 Å². The van der Waals surface area contributed by atoms with Crippen molar-refractivity contribution < 1.29 is 15.7 Å². The van der Waals surface area contributed by atoms with Gasteiger partial charge < -0.3 is 20.1 Å². The standard InChI is InChI=1S/C12H26N2O3.C2H6.H2/c1-4-11(2)12(15)14(3)6-8-17-10-9-16-7-5-13;1-2;/h11H,4-10,13H2,1-3H3;1-2H3;1H. The number of hydrogen-bond donors (Lipinski definition) is 1. The molecule has 0 spiro atoms. The van der Waals surface area contributed by atoms with E-state index in [0.717, 1.165) is 6.42 Å². The van der Waals surface area contributed by atoms with E-state index >= 15 is 0 Å². The van der Waals surface area contributed by atoms with Gasteiger partial charge in [-0.2, -0.15) is 0 Å². The Hall–Kier alpha value is -0.650. The van der Waals surface area contributed by atoms with Crippen LogP contribution in [0.15, 0.2) is 0 Å². The highest BCUT2D eigenvalue weighted by atomic mass is 16.5. The topological polar surface area (TPSA) is 64.8 Å². The van der Waals surface area contributed by atoms with Crippen LogP contribution in [-0.2, 0) is 14.3 Å². The predicted octanol–water partition coefficient (Wildman–Crippen LogP) is 1.76. The van der Waals surface area contributed by atoms with E-state index in [1.54, 1.807) is 4.90 Å². The molecule has 0 radical (unpaired) electrons. The number of nitrogens with zero attached hydrogens (tertiary/aromatic N) is 1. The Balaban J connectivity index is -0.000000916. The van der Waals surface area contributed by atoms with Gasteiger partial charge >= 0.3 is 0 Å². The van der Waals surface area contributed by atoms with Crippen LogP contribution < -0.4 is 5.73 Å². The molecule has 0 rings (SSSR count). The summed E-state index contributed by atoms with van der Waals surface area (Å²) in [6.07, 6.45) is 0.872. The molecule has 1 amide bonds. The molecule has 5 nitrogen and oxygen atoms in total.